The minimum Gasteiger partial charge on any atom is -0.303 e. The summed E-state index contributed by atoms with van der Waals surface area (Å²) in [6.45, 7) is 7.74. The van der Waals surface area contributed by atoms with Crippen LogP contribution in [0.2, 0.25) is 0 Å². The Morgan fingerprint density at radius 1 is 1.25 bits per heavy atom. The van der Waals surface area contributed by atoms with Crippen LogP contribution in [-0.4, -0.2) is 31.2 Å². The average molecular weight is 173 g/mol. The van der Waals surface area contributed by atoms with Crippen LogP contribution < -0.4 is 0 Å². The third-order valence-corrected chi connectivity index (χ3v) is 2.82. The Balaban J connectivity index is 2.18. The normalized spacial score (nSPS) is 24.2. The number of nitrogens with zero attached hydrogens (tertiary/aromatic N) is 1. The Kier molecular flexibility index (Phi) is 3.51. The third-order valence-electron chi connectivity index (χ3n) is 2.82. The molecule has 1 rings (SSSR count). The highest BCUT2D eigenvalue weighted by molar-refractivity contribution is 4.78. The smallest absolute Gasteiger partial charge is 0.0906 e. The van der Waals surface area contributed by atoms with E-state index in [1.807, 2.05) is 0 Å². The molecule has 1 heterocycles. The molecule has 1 nitrogen and oxygen atoms in total. The average Bonchev–Trinajstić information content (AvgIpc) is 2.03. The fourth-order valence-corrected chi connectivity index (χ4v) is 1.67. The summed E-state index contributed by atoms with van der Waals surface area (Å²) >= 11 is 0. The maximum atomic E-state index is 11.9. The molecule has 0 unspecified atom stereocenters. The second-order valence-corrected chi connectivity index (χ2v) is 4.55. The van der Waals surface area contributed by atoms with Gasteiger partial charge in [-0.2, -0.15) is 0 Å². The number of hydrogen-bond acceptors (Lipinski definition) is 1. The van der Waals surface area contributed by atoms with Crippen molar-refractivity contribution >= 4 is 0 Å². The fraction of sp³-hybridized carbons (Fsp3) is 1.00. The maximum absolute atomic E-state index is 11.9. The van der Waals surface area contributed by atoms with Gasteiger partial charge in [0, 0.05) is 6.54 Å². The van der Waals surface area contributed by atoms with Gasteiger partial charge in [0.1, 0.15) is 0 Å². The van der Waals surface area contributed by atoms with E-state index in [9.17, 15) is 4.39 Å². The number of hydrogen-bond donors (Lipinski definition) is 0. The van der Waals surface area contributed by atoms with Crippen molar-refractivity contribution in [2.75, 3.05) is 26.3 Å². The third kappa shape index (κ3) is 3.10. The van der Waals surface area contributed by atoms with Crippen LogP contribution in [0.15, 0.2) is 0 Å². The molecule has 0 N–H and O–H groups in total. The van der Waals surface area contributed by atoms with Gasteiger partial charge in [-0.3, -0.25) is 4.39 Å². The van der Waals surface area contributed by atoms with Crippen LogP contribution >= 0.6 is 0 Å². The molecule has 2 heteroatoms. The van der Waals surface area contributed by atoms with Crippen molar-refractivity contribution in [2.45, 2.75) is 33.1 Å². The summed E-state index contributed by atoms with van der Waals surface area (Å²) < 4.78 is 11.9. The first-order valence-corrected chi connectivity index (χ1v) is 4.92. The van der Waals surface area contributed by atoms with Crippen molar-refractivity contribution in [3.8, 4) is 0 Å². The summed E-state index contributed by atoms with van der Waals surface area (Å²) in [5.41, 5.74) is 0.520. The molecule has 1 fully saturated rings. The molecule has 0 aliphatic carbocycles. The first kappa shape index (κ1) is 9.97. The Morgan fingerprint density at radius 3 is 2.33 bits per heavy atom. The van der Waals surface area contributed by atoms with E-state index in [0.717, 1.165) is 19.6 Å². The summed E-state index contributed by atoms with van der Waals surface area (Å²) in [6, 6.07) is 0. The largest absolute Gasteiger partial charge is 0.303 e. The molecule has 0 aromatic carbocycles. The second-order valence-electron chi connectivity index (χ2n) is 4.55. The van der Waals surface area contributed by atoms with Gasteiger partial charge in [-0.15, -0.1) is 0 Å². The minimum absolute atomic E-state index is 0.167. The lowest BCUT2D eigenvalue weighted by Gasteiger charge is -2.36. The molecule has 0 aromatic rings. The summed E-state index contributed by atoms with van der Waals surface area (Å²) in [5.74, 6) is 0. The van der Waals surface area contributed by atoms with Crippen molar-refractivity contribution in [1.29, 1.82) is 0 Å². The predicted octanol–water partition coefficient (Wildman–Crippen LogP) is 2.47. The van der Waals surface area contributed by atoms with Crippen molar-refractivity contribution in [3.05, 3.63) is 0 Å². The molecule has 1 aliphatic rings. The Labute approximate surface area is 74.9 Å². The lowest BCUT2D eigenvalue weighted by molar-refractivity contribution is 0.129. The van der Waals surface area contributed by atoms with E-state index in [1.165, 1.54) is 12.8 Å². The van der Waals surface area contributed by atoms with Gasteiger partial charge in [-0.1, -0.05) is 13.8 Å². The van der Waals surface area contributed by atoms with Crippen LogP contribution in [0.5, 0.6) is 0 Å². The van der Waals surface area contributed by atoms with E-state index in [0.29, 0.717) is 11.8 Å². The lowest BCUT2D eigenvalue weighted by atomic mass is 9.83. The van der Waals surface area contributed by atoms with E-state index >= 15 is 0 Å². The zero-order valence-corrected chi connectivity index (χ0v) is 8.27. The molecule has 0 bridgehead atoms. The van der Waals surface area contributed by atoms with Crippen LogP contribution in [0.25, 0.3) is 0 Å². The number of alkyl halides is 1. The van der Waals surface area contributed by atoms with E-state index in [1.54, 1.807) is 0 Å². The van der Waals surface area contributed by atoms with Crippen molar-refractivity contribution in [1.82, 2.24) is 4.90 Å². The Hall–Kier alpha value is -0.110. The van der Waals surface area contributed by atoms with Crippen LogP contribution in [0, 0.1) is 5.41 Å². The summed E-state index contributed by atoms with van der Waals surface area (Å²) in [7, 11) is 0. The van der Waals surface area contributed by atoms with Crippen molar-refractivity contribution in [3.63, 3.8) is 0 Å². The number of halogens is 1. The second kappa shape index (κ2) is 4.22. The van der Waals surface area contributed by atoms with Crippen molar-refractivity contribution in [2.24, 2.45) is 5.41 Å². The first-order valence-electron chi connectivity index (χ1n) is 4.92. The molecule has 1 saturated heterocycles. The fourth-order valence-electron chi connectivity index (χ4n) is 1.67. The SMILES string of the molecule is CC1(C)CCN(CCCF)CC1. The number of rotatable bonds is 3. The van der Waals surface area contributed by atoms with Gasteiger partial charge in [-0.05, 0) is 37.8 Å². The highest BCUT2D eigenvalue weighted by Crippen LogP contribution is 2.29. The van der Waals surface area contributed by atoms with Gasteiger partial charge in [0.15, 0.2) is 0 Å². The van der Waals surface area contributed by atoms with Gasteiger partial charge >= 0.3 is 0 Å². The van der Waals surface area contributed by atoms with Gasteiger partial charge < -0.3 is 4.90 Å². The standard InChI is InChI=1S/C10H20FN/c1-10(2)4-8-12(9-5-10)7-3-6-11/h3-9H2,1-2H3. The molecular weight excluding hydrogens is 153 g/mol. The molecule has 1 aliphatic heterocycles. The molecule has 0 spiro atoms. The zero-order valence-electron chi connectivity index (χ0n) is 8.27. The summed E-state index contributed by atoms with van der Waals surface area (Å²) in [4.78, 5) is 2.38. The number of piperidine rings is 1. The summed E-state index contributed by atoms with van der Waals surface area (Å²) in [5, 5.41) is 0. The first-order chi connectivity index (χ1) is 5.64. The topological polar surface area (TPSA) is 3.24 Å². The van der Waals surface area contributed by atoms with Crippen LogP contribution in [0.3, 0.4) is 0 Å². The van der Waals surface area contributed by atoms with E-state index < -0.39 is 0 Å². The molecule has 72 valence electrons. The summed E-state index contributed by atoms with van der Waals surface area (Å²) in [6.07, 6.45) is 3.24. The lowest BCUT2D eigenvalue weighted by Crippen LogP contribution is -2.37. The highest BCUT2D eigenvalue weighted by atomic mass is 19.1. The molecular formula is C10H20FN. The van der Waals surface area contributed by atoms with Gasteiger partial charge in [0.2, 0.25) is 0 Å². The quantitative estimate of drug-likeness (QED) is 0.633. The molecule has 0 atom stereocenters. The highest BCUT2D eigenvalue weighted by Gasteiger charge is 2.24. The van der Waals surface area contributed by atoms with E-state index in [2.05, 4.69) is 18.7 Å². The van der Waals surface area contributed by atoms with Gasteiger partial charge in [0.25, 0.3) is 0 Å². The van der Waals surface area contributed by atoms with Crippen molar-refractivity contribution < 1.29 is 4.39 Å². The molecule has 0 amide bonds. The minimum atomic E-state index is -0.167. The molecule has 0 saturated carbocycles. The Bertz CT molecular complexity index is 124. The van der Waals surface area contributed by atoms with Crippen LogP contribution in [0.1, 0.15) is 33.1 Å². The predicted molar refractivity (Wildman–Crippen MR) is 50.0 cm³/mol. The van der Waals surface area contributed by atoms with Crippen LogP contribution in [-0.2, 0) is 0 Å². The molecule has 12 heavy (non-hydrogen) atoms. The van der Waals surface area contributed by atoms with Gasteiger partial charge in [0.05, 0.1) is 6.67 Å². The molecule has 0 aromatic heterocycles. The monoisotopic (exact) mass is 173 g/mol. The molecule has 0 radical (unpaired) electrons. The Morgan fingerprint density at radius 2 is 1.83 bits per heavy atom. The zero-order chi connectivity index (χ0) is 9.03. The van der Waals surface area contributed by atoms with Crippen LogP contribution in [0.4, 0.5) is 4.39 Å². The van der Waals surface area contributed by atoms with E-state index in [4.69, 9.17) is 0 Å². The maximum Gasteiger partial charge on any atom is 0.0906 e. The van der Waals surface area contributed by atoms with Gasteiger partial charge in [-0.25, -0.2) is 0 Å². The van der Waals surface area contributed by atoms with E-state index in [-0.39, 0.29) is 6.67 Å². The number of likely N-dealkylation sites (tertiary alicyclic amines) is 1.